The zero-order valence-electron chi connectivity index (χ0n) is 19.9. The molecular formula is C30H34ClF. The largest absolute Gasteiger partial charge is 0.207 e. The lowest BCUT2D eigenvalue weighted by molar-refractivity contribution is 0.627. The third-order valence-corrected chi connectivity index (χ3v) is 5.42. The van der Waals surface area contributed by atoms with Crippen LogP contribution in [0.5, 0.6) is 0 Å². The van der Waals surface area contributed by atoms with Crippen LogP contribution in [0, 0.1) is 12.7 Å². The maximum Gasteiger partial charge on any atom is 0.123 e. The molecule has 3 aromatic rings. The Morgan fingerprint density at radius 2 is 1.53 bits per heavy atom. The highest BCUT2D eigenvalue weighted by Gasteiger charge is 2.05. The standard InChI is InChI=1S/C14H17F.C8H9Cl.C8H8/c1-9(2)11(4)12(5)14-8-13(15)7-6-10(14)3;1-2-7-3-5-8(9)6-4-7;1-2-8-6-4-3-5-7-8/h6-8H,1H2,2-5H3;3-6H,2H2,1H3;2-7H,1H2/b12-11+;;. The fraction of sp³-hybridized carbons (Fsp3) is 0.200. The number of hydrogen-bond acceptors (Lipinski definition) is 0. The Hall–Kier alpha value is -2.90. The minimum absolute atomic E-state index is 0.190. The molecule has 0 nitrogen and oxygen atoms in total. The second-order valence-corrected chi connectivity index (χ2v) is 8.02. The fourth-order valence-electron chi connectivity index (χ4n) is 2.83. The van der Waals surface area contributed by atoms with Crippen LogP contribution in [-0.2, 0) is 6.42 Å². The molecule has 0 N–H and O–H groups in total. The normalized spacial score (nSPS) is 10.6. The van der Waals surface area contributed by atoms with Gasteiger partial charge < -0.3 is 0 Å². The van der Waals surface area contributed by atoms with E-state index in [0.29, 0.717) is 0 Å². The van der Waals surface area contributed by atoms with Gasteiger partial charge in [0.25, 0.3) is 0 Å². The monoisotopic (exact) mass is 448 g/mol. The summed E-state index contributed by atoms with van der Waals surface area (Å²) in [4.78, 5) is 0. The topological polar surface area (TPSA) is 0 Å². The summed E-state index contributed by atoms with van der Waals surface area (Å²) in [6.45, 7) is 17.6. The third kappa shape index (κ3) is 9.49. The highest BCUT2D eigenvalue weighted by molar-refractivity contribution is 6.30. The van der Waals surface area contributed by atoms with E-state index in [2.05, 4.69) is 20.1 Å². The van der Waals surface area contributed by atoms with Gasteiger partial charge in [0.05, 0.1) is 0 Å². The Labute approximate surface area is 198 Å². The van der Waals surface area contributed by atoms with Crippen molar-refractivity contribution in [2.24, 2.45) is 0 Å². The Kier molecular flexibility index (Phi) is 12.1. The summed E-state index contributed by atoms with van der Waals surface area (Å²) in [5.41, 5.74) is 7.82. The summed E-state index contributed by atoms with van der Waals surface area (Å²) in [5, 5.41) is 0.812. The van der Waals surface area contributed by atoms with Gasteiger partial charge in [0, 0.05) is 5.02 Å². The third-order valence-electron chi connectivity index (χ3n) is 5.16. The predicted octanol–water partition coefficient (Wildman–Crippen LogP) is 9.74. The first-order valence-electron chi connectivity index (χ1n) is 10.7. The molecule has 3 rings (SSSR count). The summed E-state index contributed by atoms with van der Waals surface area (Å²) >= 11 is 5.67. The van der Waals surface area contributed by atoms with Gasteiger partial charge in [-0.15, -0.1) is 0 Å². The van der Waals surface area contributed by atoms with Crippen molar-refractivity contribution in [3.63, 3.8) is 0 Å². The van der Waals surface area contributed by atoms with Crippen molar-refractivity contribution >= 4 is 23.3 Å². The van der Waals surface area contributed by atoms with Gasteiger partial charge in [-0.3, -0.25) is 0 Å². The van der Waals surface area contributed by atoms with Gasteiger partial charge in [-0.2, -0.15) is 0 Å². The van der Waals surface area contributed by atoms with E-state index in [1.54, 1.807) is 12.1 Å². The van der Waals surface area contributed by atoms with Crippen LogP contribution >= 0.6 is 11.6 Å². The molecule has 0 aliphatic heterocycles. The molecule has 0 unspecified atom stereocenters. The summed E-state index contributed by atoms with van der Waals surface area (Å²) in [7, 11) is 0. The average molecular weight is 449 g/mol. The SMILES string of the molecule is C=C(C)/C(C)=C(\C)c1cc(F)ccc1C.C=Cc1ccccc1.CCc1ccc(Cl)cc1. The Balaban J connectivity index is 0.000000257. The van der Waals surface area contributed by atoms with E-state index in [4.69, 9.17) is 11.6 Å². The van der Waals surface area contributed by atoms with Crippen LogP contribution in [0.3, 0.4) is 0 Å². The molecule has 0 fully saturated rings. The predicted molar refractivity (Wildman–Crippen MR) is 142 cm³/mol. The van der Waals surface area contributed by atoms with E-state index in [-0.39, 0.29) is 5.82 Å². The summed E-state index contributed by atoms with van der Waals surface area (Å²) in [5.74, 6) is -0.190. The zero-order valence-corrected chi connectivity index (χ0v) is 20.6. The zero-order chi connectivity index (χ0) is 24.1. The van der Waals surface area contributed by atoms with Crippen molar-refractivity contribution < 1.29 is 4.39 Å². The maximum atomic E-state index is 13.1. The van der Waals surface area contributed by atoms with Crippen molar-refractivity contribution in [1.82, 2.24) is 0 Å². The van der Waals surface area contributed by atoms with Crippen LogP contribution in [0.2, 0.25) is 5.02 Å². The molecule has 0 saturated carbocycles. The summed E-state index contributed by atoms with van der Waals surface area (Å²) in [6, 6.07) is 22.8. The average Bonchev–Trinajstić information content (AvgIpc) is 2.81. The van der Waals surface area contributed by atoms with Gasteiger partial charge in [-0.1, -0.05) is 91.9 Å². The highest BCUT2D eigenvalue weighted by Crippen LogP contribution is 2.25. The van der Waals surface area contributed by atoms with E-state index in [9.17, 15) is 4.39 Å². The molecular weight excluding hydrogens is 415 g/mol. The second kappa shape index (κ2) is 14.2. The Morgan fingerprint density at radius 1 is 0.938 bits per heavy atom. The molecule has 0 aliphatic carbocycles. The lowest BCUT2D eigenvalue weighted by Gasteiger charge is -2.10. The summed E-state index contributed by atoms with van der Waals surface area (Å²) in [6.07, 6.45) is 2.91. The molecule has 32 heavy (non-hydrogen) atoms. The minimum Gasteiger partial charge on any atom is -0.207 e. The molecule has 0 spiro atoms. The van der Waals surface area contributed by atoms with Crippen LogP contribution in [-0.4, -0.2) is 0 Å². The second-order valence-electron chi connectivity index (χ2n) is 7.58. The number of benzene rings is 3. The smallest absolute Gasteiger partial charge is 0.123 e. The molecule has 3 aromatic carbocycles. The van der Waals surface area contributed by atoms with Crippen molar-refractivity contribution in [2.75, 3.05) is 0 Å². The van der Waals surface area contributed by atoms with Crippen molar-refractivity contribution in [3.8, 4) is 0 Å². The van der Waals surface area contributed by atoms with Crippen LogP contribution in [0.4, 0.5) is 4.39 Å². The first kappa shape index (κ1) is 27.1. The minimum atomic E-state index is -0.190. The van der Waals surface area contributed by atoms with Gasteiger partial charge in [0.15, 0.2) is 0 Å². The first-order chi connectivity index (χ1) is 15.2. The number of halogens is 2. The van der Waals surface area contributed by atoms with Crippen molar-refractivity contribution in [2.45, 2.75) is 41.0 Å². The van der Waals surface area contributed by atoms with E-state index >= 15 is 0 Å². The lowest BCUT2D eigenvalue weighted by Crippen LogP contribution is -1.91. The molecule has 0 saturated heterocycles. The van der Waals surface area contributed by atoms with Crippen LogP contribution < -0.4 is 0 Å². The molecule has 0 atom stereocenters. The van der Waals surface area contributed by atoms with Crippen LogP contribution in [0.15, 0.2) is 97.1 Å². The van der Waals surface area contributed by atoms with E-state index in [1.807, 2.05) is 88.4 Å². The molecule has 2 heteroatoms. The van der Waals surface area contributed by atoms with Gasteiger partial charge in [0.1, 0.15) is 5.82 Å². The molecule has 168 valence electrons. The maximum absolute atomic E-state index is 13.1. The van der Waals surface area contributed by atoms with Gasteiger partial charge in [-0.25, -0.2) is 4.39 Å². The molecule has 0 bridgehead atoms. The molecule has 0 aromatic heterocycles. The quantitative estimate of drug-likeness (QED) is 0.348. The van der Waals surface area contributed by atoms with Crippen LogP contribution in [0.1, 0.15) is 49.9 Å². The molecule has 0 heterocycles. The van der Waals surface area contributed by atoms with Crippen molar-refractivity contribution in [3.05, 3.63) is 130 Å². The van der Waals surface area contributed by atoms with Crippen molar-refractivity contribution in [1.29, 1.82) is 0 Å². The van der Waals surface area contributed by atoms with Gasteiger partial charge in [-0.05, 0) is 91.8 Å². The summed E-state index contributed by atoms with van der Waals surface area (Å²) < 4.78 is 13.1. The number of hydrogen-bond donors (Lipinski definition) is 0. The molecule has 0 radical (unpaired) electrons. The number of rotatable bonds is 4. The van der Waals surface area contributed by atoms with Gasteiger partial charge >= 0.3 is 0 Å². The molecule has 0 amide bonds. The molecule has 0 aliphatic rings. The van der Waals surface area contributed by atoms with E-state index in [1.165, 1.54) is 17.2 Å². The highest BCUT2D eigenvalue weighted by atomic mass is 35.5. The number of aryl methyl sites for hydroxylation is 2. The van der Waals surface area contributed by atoms with E-state index < -0.39 is 0 Å². The Bertz CT molecular complexity index is 1030. The van der Waals surface area contributed by atoms with Gasteiger partial charge in [0.2, 0.25) is 0 Å². The Morgan fingerprint density at radius 3 is 2.00 bits per heavy atom. The number of allylic oxidation sites excluding steroid dienone is 3. The first-order valence-corrected chi connectivity index (χ1v) is 11.1. The fourth-order valence-corrected chi connectivity index (χ4v) is 2.96. The van der Waals surface area contributed by atoms with E-state index in [0.717, 1.165) is 39.3 Å². The lowest BCUT2D eigenvalue weighted by atomic mass is 9.95. The van der Waals surface area contributed by atoms with Crippen LogP contribution in [0.25, 0.3) is 11.6 Å².